The highest BCUT2D eigenvalue weighted by molar-refractivity contribution is 5.76. The Hall–Kier alpha value is -3.14. The minimum absolute atomic E-state index is 0.0369. The van der Waals surface area contributed by atoms with E-state index in [0.29, 0.717) is 13.1 Å². The summed E-state index contributed by atoms with van der Waals surface area (Å²) < 4.78 is 0. The van der Waals surface area contributed by atoms with E-state index >= 15 is 0 Å². The number of urea groups is 1. The standard InChI is InChI=1S/C22H21N3O/c26-22(24-16-17-6-2-1-3-7-17)25-15-12-18-8-4-5-9-20(18)21(25)19-10-13-23-14-11-19/h1-11,13-14,21H,12,15-16H2,(H,24,26). The van der Waals surface area contributed by atoms with Crippen molar-refractivity contribution >= 4 is 6.03 Å². The van der Waals surface area contributed by atoms with Crippen LogP contribution in [-0.4, -0.2) is 22.5 Å². The van der Waals surface area contributed by atoms with Gasteiger partial charge in [-0.25, -0.2) is 4.79 Å². The van der Waals surface area contributed by atoms with Crippen molar-refractivity contribution in [3.63, 3.8) is 0 Å². The van der Waals surface area contributed by atoms with Crippen LogP contribution in [0.2, 0.25) is 0 Å². The van der Waals surface area contributed by atoms with E-state index in [0.717, 1.165) is 17.5 Å². The number of carbonyl (C=O) groups excluding carboxylic acids is 1. The lowest BCUT2D eigenvalue weighted by Crippen LogP contribution is -2.45. The van der Waals surface area contributed by atoms with Crippen molar-refractivity contribution in [3.8, 4) is 0 Å². The van der Waals surface area contributed by atoms with Crippen molar-refractivity contribution in [2.75, 3.05) is 6.54 Å². The summed E-state index contributed by atoms with van der Waals surface area (Å²) in [5.74, 6) is 0. The molecule has 0 spiro atoms. The van der Waals surface area contributed by atoms with Gasteiger partial charge >= 0.3 is 6.03 Å². The summed E-state index contributed by atoms with van der Waals surface area (Å²) in [7, 11) is 0. The molecule has 1 aromatic heterocycles. The molecule has 3 aromatic rings. The van der Waals surface area contributed by atoms with Gasteiger partial charge in [0.05, 0.1) is 6.04 Å². The molecule has 1 atom stereocenters. The van der Waals surface area contributed by atoms with Gasteiger partial charge in [0, 0.05) is 25.5 Å². The predicted molar refractivity (Wildman–Crippen MR) is 102 cm³/mol. The second kappa shape index (κ2) is 7.40. The third-order valence-corrected chi connectivity index (χ3v) is 4.85. The van der Waals surface area contributed by atoms with Crippen LogP contribution in [0.5, 0.6) is 0 Å². The predicted octanol–water partition coefficient (Wildman–Crippen LogP) is 3.94. The number of fused-ring (bicyclic) bond motifs is 1. The lowest BCUT2D eigenvalue weighted by Gasteiger charge is -2.37. The fourth-order valence-corrected chi connectivity index (χ4v) is 3.57. The number of nitrogens with zero attached hydrogens (tertiary/aromatic N) is 2. The Kier molecular flexibility index (Phi) is 4.65. The quantitative estimate of drug-likeness (QED) is 0.783. The maximum absolute atomic E-state index is 13.0. The van der Waals surface area contributed by atoms with Crippen LogP contribution in [0.1, 0.15) is 28.3 Å². The molecule has 0 saturated carbocycles. The van der Waals surface area contributed by atoms with Gasteiger partial charge in [0.25, 0.3) is 0 Å². The Morgan fingerprint density at radius 1 is 1.00 bits per heavy atom. The molecule has 1 aliphatic rings. The van der Waals surface area contributed by atoms with Crippen molar-refractivity contribution in [2.24, 2.45) is 0 Å². The van der Waals surface area contributed by atoms with Crippen molar-refractivity contribution in [1.82, 2.24) is 15.2 Å². The van der Waals surface area contributed by atoms with Crippen LogP contribution >= 0.6 is 0 Å². The first-order valence-electron chi connectivity index (χ1n) is 8.89. The number of pyridine rings is 1. The Bertz CT molecular complexity index is 880. The van der Waals surface area contributed by atoms with Gasteiger partial charge < -0.3 is 10.2 Å². The molecule has 2 heterocycles. The van der Waals surface area contributed by atoms with E-state index in [1.165, 1.54) is 11.1 Å². The van der Waals surface area contributed by atoms with E-state index in [1.54, 1.807) is 12.4 Å². The molecule has 130 valence electrons. The molecule has 4 heteroatoms. The fourth-order valence-electron chi connectivity index (χ4n) is 3.57. The largest absolute Gasteiger partial charge is 0.334 e. The van der Waals surface area contributed by atoms with Crippen LogP contribution in [0.4, 0.5) is 4.79 Å². The summed E-state index contributed by atoms with van der Waals surface area (Å²) in [6.07, 6.45) is 4.44. The van der Waals surface area contributed by atoms with Gasteiger partial charge in [-0.05, 0) is 40.8 Å². The Balaban J connectivity index is 1.61. The average Bonchev–Trinajstić information content (AvgIpc) is 2.72. The highest BCUT2D eigenvalue weighted by atomic mass is 16.2. The first-order chi connectivity index (χ1) is 12.8. The minimum atomic E-state index is -0.0845. The van der Waals surface area contributed by atoms with E-state index in [4.69, 9.17) is 0 Å². The first kappa shape index (κ1) is 16.3. The summed E-state index contributed by atoms with van der Waals surface area (Å²) in [6, 6.07) is 22.2. The highest BCUT2D eigenvalue weighted by Crippen LogP contribution is 2.34. The molecular formula is C22H21N3O. The summed E-state index contributed by atoms with van der Waals surface area (Å²) in [5, 5.41) is 3.07. The SMILES string of the molecule is O=C(NCc1ccccc1)N1CCc2ccccc2C1c1ccncc1. The number of rotatable bonds is 3. The Morgan fingerprint density at radius 2 is 1.73 bits per heavy atom. The Morgan fingerprint density at radius 3 is 2.54 bits per heavy atom. The molecule has 4 rings (SSSR count). The van der Waals surface area contributed by atoms with E-state index in [1.807, 2.05) is 53.4 Å². The lowest BCUT2D eigenvalue weighted by molar-refractivity contribution is 0.179. The number of hydrogen-bond donors (Lipinski definition) is 1. The Labute approximate surface area is 153 Å². The van der Waals surface area contributed by atoms with E-state index in [2.05, 4.69) is 28.5 Å². The third-order valence-electron chi connectivity index (χ3n) is 4.85. The molecule has 0 bridgehead atoms. The molecule has 1 N–H and O–H groups in total. The van der Waals surface area contributed by atoms with E-state index in [9.17, 15) is 4.79 Å². The van der Waals surface area contributed by atoms with Gasteiger partial charge in [0.2, 0.25) is 0 Å². The van der Waals surface area contributed by atoms with Gasteiger partial charge in [-0.3, -0.25) is 4.98 Å². The number of benzene rings is 2. The third kappa shape index (κ3) is 3.31. The highest BCUT2D eigenvalue weighted by Gasteiger charge is 2.31. The van der Waals surface area contributed by atoms with Gasteiger partial charge in [0.1, 0.15) is 0 Å². The molecule has 2 amide bonds. The molecule has 0 radical (unpaired) electrons. The number of hydrogen-bond acceptors (Lipinski definition) is 2. The van der Waals surface area contributed by atoms with Crippen molar-refractivity contribution in [1.29, 1.82) is 0 Å². The number of carbonyl (C=O) groups is 1. The summed E-state index contributed by atoms with van der Waals surface area (Å²) >= 11 is 0. The first-order valence-corrected chi connectivity index (χ1v) is 8.89. The summed E-state index contributed by atoms with van der Waals surface area (Å²) in [6.45, 7) is 1.23. The van der Waals surface area contributed by atoms with Crippen molar-refractivity contribution in [2.45, 2.75) is 19.0 Å². The molecule has 0 fully saturated rings. The van der Waals surface area contributed by atoms with Crippen molar-refractivity contribution in [3.05, 3.63) is 101 Å². The smallest absolute Gasteiger partial charge is 0.318 e. The van der Waals surface area contributed by atoms with E-state index < -0.39 is 0 Å². The monoisotopic (exact) mass is 343 g/mol. The van der Waals surface area contributed by atoms with Crippen LogP contribution in [-0.2, 0) is 13.0 Å². The molecule has 1 aliphatic heterocycles. The topological polar surface area (TPSA) is 45.2 Å². The van der Waals surface area contributed by atoms with Crippen molar-refractivity contribution < 1.29 is 4.79 Å². The molecule has 1 unspecified atom stereocenters. The van der Waals surface area contributed by atoms with Crippen LogP contribution in [0.25, 0.3) is 0 Å². The van der Waals surface area contributed by atoms with Gasteiger partial charge in [-0.1, -0.05) is 54.6 Å². The zero-order valence-electron chi connectivity index (χ0n) is 14.5. The number of nitrogens with one attached hydrogen (secondary N) is 1. The van der Waals surface area contributed by atoms with Gasteiger partial charge in [-0.15, -0.1) is 0 Å². The van der Waals surface area contributed by atoms with Gasteiger partial charge in [0.15, 0.2) is 0 Å². The normalized spacial score (nSPS) is 16.0. The molecule has 0 saturated heterocycles. The fraction of sp³-hybridized carbons (Fsp3) is 0.182. The molecule has 0 aliphatic carbocycles. The van der Waals surface area contributed by atoms with Gasteiger partial charge in [-0.2, -0.15) is 0 Å². The van der Waals surface area contributed by atoms with Crippen LogP contribution in [0, 0.1) is 0 Å². The molecule has 2 aromatic carbocycles. The maximum atomic E-state index is 13.0. The summed E-state index contributed by atoms with van der Waals surface area (Å²) in [5.41, 5.74) is 4.68. The maximum Gasteiger partial charge on any atom is 0.318 e. The molecular weight excluding hydrogens is 322 g/mol. The lowest BCUT2D eigenvalue weighted by atomic mass is 9.89. The summed E-state index contributed by atoms with van der Waals surface area (Å²) in [4.78, 5) is 19.0. The molecule has 4 nitrogen and oxygen atoms in total. The molecule has 26 heavy (non-hydrogen) atoms. The number of amides is 2. The number of aromatic nitrogens is 1. The minimum Gasteiger partial charge on any atom is -0.334 e. The van der Waals surface area contributed by atoms with Crippen LogP contribution in [0.3, 0.4) is 0 Å². The zero-order valence-corrected chi connectivity index (χ0v) is 14.5. The second-order valence-electron chi connectivity index (χ2n) is 6.47. The second-order valence-corrected chi connectivity index (χ2v) is 6.47. The van der Waals surface area contributed by atoms with Crippen LogP contribution < -0.4 is 5.32 Å². The van der Waals surface area contributed by atoms with Crippen LogP contribution in [0.15, 0.2) is 79.1 Å². The average molecular weight is 343 g/mol. The zero-order chi connectivity index (χ0) is 17.8. The van der Waals surface area contributed by atoms with E-state index in [-0.39, 0.29) is 12.1 Å².